The molecular formula is C23H19ClFN3O3. The lowest BCUT2D eigenvalue weighted by molar-refractivity contribution is -0.120. The molecule has 8 heteroatoms. The number of rotatable bonds is 8. The molecule has 31 heavy (non-hydrogen) atoms. The first kappa shape index (κ1) is 22.0. The van der Waals surface area contributed by atoms with Gasteiger partial charge in [0.2, 0.25) is 5.91 Å². The van der Waals surface area contributed by atoms with E-state index in [0.29, 0.717) is 27.6 Å². The quantitative estimate of drug-likeness (QED) is 0.408. The molecule has 0 radical (unpaired) electrons. The van der Waals surface area contributed by atoms with Crippen LogP contribution in [0.3, 0.4) is 0 Å². The summed E-state index contributed by atoms with van der Waals surface area (Å²) >= 11 is 6.20. The van der Waals surface area contributed by atoms with E-state index in [1.165, 1.54) is 30.5 Å². The number of nitrogens with zero attached hydrogens (tertiary/aromatic N) is 1. The van der Waals surface area contributed by atoms with E-state index in [1.807, 2.05) is 18.2 Å². The highest BCUT2D eigenvalue weighted by Crippen LogP contribution is 2.25. The Labute approximate surface area is 183 Å². The molecule has 0 bridgehead atoms. The van der Waals surface area contributed by atoms with Gasteiger partial charge in [-0.1, -0.05) is 41.9 Å². The van der Waals surface area contributed by atoms with Crippen molar-refractivity contribution in [3.05, 3.63) is 94.8 Å². The highest BCUT2D eigenvalue weighted by atomic mass is 35.5. The van der Waals surface area contributed by atoms with Crippen LogP contribution in [-0.2, 0) is 16.0 Å². The van der Waals surface area contributed by atoms with Gasteiger partial charge >= 0.3 is 0 Å². The third-order valence-electron chi connectivity index (χ3n) is 4.05. The van der Waals surface area contributed by atoms with Gasteiger partial charge in [0.1, 0.15) is 11.6 Å². The first-order valence-corrected chi connectivity index (χ1v) is 9.71. The monoisotopic (exact) mass is 439 g/mol. The Balaban J connectivity index is 1.47. The number of benzene rings is 3. The average molecular weight is 440 g/mol. The fourth-order valence-corrected chi connectivity index (χ4v) is 2.83. The van der Waals surface area contributed by atoms with Crippen LogP contribution in [0, 0.1) is 5.82 Å². The minimum Gasteiger partial charge on any atom is -0.482 e. The molecule has 0 aromatic heterocycles. The number of ether oxygens (including phenoxy) is 1. The second-order valence-electron chi connectivity index (χ2n) is 6.49. The molecule has 0 heterocycles. The maximum Gasteiger partial charge on any atom is 0.262 e. The van der Waals surface area contributed by atoms with E-state index in [2.05, 4.69) is 15.8 Å². The van der Waals surface area contributed by atoms with Crippen LogP contribution in [0.4, 0.5) is 10.1 Å². The van der Waals surface area contributed by atoms with Crippen LogP contribution in [0.25, 0.3) is 0 Å². The number of hydrazone groups is 1. The summed E-state index contributed by atoms with van der Waals surface area (Å²) in [5.41, 5.74) is 4.39. The summed E-state index contributed by atoms with van der Waals surface area (Å²) in [5, 5.41) is 6.90. The fraction of sp³-hybridized carbons (Fsp3) is 0.0870. The summed E-state index contributed by atoms with van der Waals surface area (Å²) in [4.78, 5) is 23.8. The molecule has 2 N–H and O–H groups in total. The second-order valence-corrected chi connectivity index (χ2v) is 6.90. The lowest BCUT2D eigenvalue weighted by Crippen LogP contribution is -2.20. The zero-order valence-corrected chi connectivity index (χ0v) is 17.1. The summed E-state index contributed by atoms with van der Waals surface area (Å²) in [7, 11) is 0. The molecular weight excluding hydrogens is 421 g/mol. The maximum absolute atomic E-state index is 12.9. The number of amides is 2. The molecule has 2 amide bonds. The number of halogens is 2. The first-order valence-electron chi connectivity index (χ1n) is 9.33. The predicted molar refractivity (Wildman–Crippen MR) is 118 cm³/mol. The highest BCUT2D eigenvalue weighted by molar-refractivity contribution is 6.32. The zero-order chi connectivity index (χ0) is 22.1. The number of anilines is 1. The van der Waals surface area contributed by atoms with Gasteiger partial charge in [-0.25, -0.2) is 9.82 Å². The number of carbonyl (C=O) groups excluding carboxylic acids is 2. The molecule has 0 atom stereocenters. The summed E-state index contributed by atoms with van der Waals surface area (Å²) in [6.07, 6.45) is 1.51. The van der Waals surface area contributed by atoms with E-state index in [1.54, 1.807) is 30.3 Å². The van der Waals surface area contributed by atoms with Crippen molar-refractivity contribution in [2.75, 3.05) is 11.9 Å². The molecule has 3 aromatic carbocycles. The Morgan fingerprint density at radius 1 is 1.00 bits per heavy atom. The molecule has 0 aliphatic carbocycles. The second kappa shape index (κ2) is 10.9. The lowest BCUT2D eigenvalue weighted by atomic mass is 10.1. The minimum absolute atomic E-state index is 0.0796. The van der Waals surface area contributed by atoms with E-state index < -0.39 is 0 Å². The van der Waals surface area contributed by atoms with Gasteiger partial charge < -0.3 is 10.1 Å². The van der Waals surface area contributed by atoms with Gasteiger partial charge in [-0.3, -0.25) is 9.59 Å². The molecule has 0 saturated carbocycles. The van der Waals surface area contributed by atoms with E-state index in [4.69, 9.17) is 16.3 Å². The highest BCUT2D eigenvalue weighted by Gasteiger charge is 2.07. The van der Waals surface area contributed by atoms with Crippen LogP contribution in [0.5, 0.6) is 5.75 Å². The van der Waals surface area contributed by atoms with Crippen LogP contribution in [-0.4, -0.2) is 24.6 Å². The molecule has 0 unspecified atom stereocenters. The van der Waals surface area contributed by atoms with Gasteiger partial charge in [-0.05, 0) is 53.6 Å². The van der Waals surface area contributed by atoms with Gasteiger partial charge in [-0.15, -0.1) is 0 Å². The largest absolute Gasteiger partial charge is 0.482 e. The summed E-state index contributed by atoms with van der Waals surface area (Å²) in [5.74, 6) is -0.652. The summed E-state index contributed by atoms with van der Waals surface area (Å²) in [6.45, 7) is -0.193. The van der Waals surface area contributed by atoms with E-state index in [0.717, 1.165) is 0 Å². The smallest absolute Gasteiger partial charge is 0.262 e. The van der Waals surface area contributed by atoms with Crippen LogP contribution < -0.4 is 15.5 Å². The van der Waals surface area contributed by atoms with Crippen molar-refractivity contribution in [3.63, 3.8) is 0 Å². The van der Waals surface area contributed by atoms with Crippen LogP contribution in [0.2, 0.25) is 5.02 Å². The van der Waals surface area contributed by atoms with E-state index in [9.17, 15) is 14.0 Å². The fourth-order valence-electron chi connectivity index (χ4n) is 2.58. The Morgan fingerprint density at radius 2 is 1.74 bits per heavy atom. The summed E-state index contributed by atoms with van der Waals surface area (Å²) < 4.78 is 18.3. The molecule has 0 spiro atoms. The number of carbonyl (C=O) groups is 2. The average Bonchev–Trinajstić information content (AvgIpc) is 2.75. The topological polar surface area (TPSA) is 79.8 Å². The predicted octanol–water partition coefficient (Wildman–Crippen LogP) is 4.19. The third-order valence-corrected chi connectivity index (χ3v) is 4.35. The summed E-state index contributed by atoms with van der Waals surface area (Å²) in [6, 6.07) is 19.6. The maximum atomic E-state index is 12.9. The number of hydrogen-bond donors (Lipinski definition) is 2. The first-order chi connectivity index (χ1) is 15.0. The van der Waals surface area contributed by atoms with Crippen molar-refractivity contribution in [1.82, 2.24) is 5.43 Å². The normalized spacial score (nSPS) is 10.6. The van der Waals surface area contributed by atoms with Gasteiger partial charge in [0.25, 0.3) is 5.91 Å². The van der Waals surface area contributed by atoms with Gasteiger partial charge in [0.15, 0.2) is 6.61 Å². The Morgan fingerprint density at radius 3 is 2.45 bits per heavy atom. The molecule has 3 rings (SSSR count). The van der Waals surface area contributed by atoms with Crippen molar-refractivity contribution in [1.29, 1.82) is 0 Å². The minimum atomic E-state index is -0.358. The number of hydrogen-bond acceptors (Lipinski definition) is 4. The molecule has 3 aromatic rings. The molecule has 0 aliphatic heterocycles. The van der Waals surface area contributed by atoms with Crippen molar-refractivity contribution >= 4 is 35.3 Å². The molecule has 0 fully saturated rings. The van der Waals surface area contributed by atoms with Crippen LogP contribution >= 0.6 is 11.6 Å². The third kappa shape index (κ3) is 7.24. The Hall–Kier alpha value is -3.71. The number of nitrogens with one attached hydrogen (secondary N) is 2. The standard InChI is InChI=1S/C23H19ClFN3O3/c24-20-12-17(14-26-28-22(29)13-16-6-9-18(25)10-7-16)8-11-21(20)31-15-23(30)27-19-4-2-1-3-5-19/h1-12,14H,13,15H2,(H,27,30)(H,28,29)/b26-14+. The molecule has 6 nitrogen and oxygen atoms in total. The van der Waals surface area contributed by atoms with Crippen LogP contribution in [0.1, 0.15) is 11.1 Å². The van der Waals surface area contributed by atoms with E-state index in [-0.39, 0.29) is 30.7 Å². The molecule has 158 valence electrons. The Kier molecular flexibility index (Phi) is 7.73. The molecule has 0 aliphatic rings. The van der Waals surface area contributed by atoms with Gasteiger partial charge in [0.05, 0.1) is 17.7 Å². The zero-order valence-electron chi connectivity index (χ0n) is 16.3. The van der Waals surface area contributed by atoms with Crippen molar-refractivity contribution < 1.29 is 18.7 Å². The van der Waals surface area contributed by atoms with Gasteiger partial charge in [-0.2, -0.15) is 5.10 Å². The van der Waals surface area contributed by atoms with Gasteiger partial charge in [0, 0.05) is 5.69 Å². The Bertz CT molecular complexity index is 1070. The van der Waals surface area contributed by atoms with E-state index >= 15 is 0 Å². The van der Waals surface area contributed by atoms with Crippen molar-refractivity contribution in [3.8, 4) is 5.75 Å². The lowest BCUT2D eigenvalue weighted by Gasteiger charge is -2.09. The van der Waals surface area contributed by atoms with Crippen molar-refractivity contribution in [2.45, 2.75) is 6.42 Å². The van der Waals surface area contributed by atoms with Crippen molar-refractivity contribution in [2.24, 2.45) is 5.10 Å². The molecule has 0 saturated heterocycles. The SMILES string of the molecule is O=C(Cc1ccc(F)cc1)N/N=C/c1ccc(OCC(=O)Nc2ccccc2)c(Cl)c1. The number of para-hydroxylation sites is 1. The van der Waals surface area contributed by atoms with Crippen LogP contribution in [0.15, 0.2) is 77.9 Å².